The SMILES string of the molecule is Cn1cc(CC(=O)N2CCSC(c3ccccc3)CC2)c2ccccc21. The Bertz CT molecular complexity index is 903. The van der Waals surface area contributed by atoms with E-state index in [1.807, 2.05) is 30.9 Å². The Balaban J connectivity index is 1.45. The average Bonchev–Trinajstić information content (AvgIpc) is 2.86. The van der Waals surface area contributed by atoms with Crippen LogP contribution in [0.5, 0.6) is 0 Å². The summed E-state index contributed by atoms with van der Waals surface area (Å²) < 4.78 is 2.11. The Morgan fingerprint density at radius 1 is 1.08 bits per heavy atom. The molecule has 0 spiro atoms. The van der Waals surface area contributed by atoms with Crippen molar-refractivity contribution >= 4 is 28.6 Å². The highest BCUT2D eigenvalue weighted by Crippen LogP contribution is 2.34. The van der Waals surface area contributed by atoms with Gasteiger partial charge in [0.1, 0.15) is 0 Å². The minimum atomic E-state index is 0.246. The number of para-hydroxylation sites is 1. The van der Waals surface area contributed by atoms with Gasteiger partial charge >= 0.3 is 0 Å². The van der Waals surface area contributed by atoms with Gasteiger partial charge in [0.15, 0.2) is 0 Å². The summed E-state index contributed by atoms with van der Waals surface area (Å²) >= 11 is 1.97. The number of nitrogens with zero attached hydrogens (tertiary/aromatic N) is 2. The fourth-order valence-corrected chi connectivity index (χ4v) is 5.03. The molecule has 0 N–H and O–H groups in total. The van der Waals surface area contributed by atoms with E-state index >= 15 is 0 Å². The molecule has 1 aliphatic rings. The van der Waals surface area contributed by atoms with E-state index in [1.165, 1.54) is 16.5 Å². The molecule has 26 heavy (non-hydrogen) atoms. The maximum atomic E-state index is 12.9. The van der Waals surface area contributed by atoms with Crippen LogP contribution in [0.15, 0.2) is 60.8 Å². The summed E-state index contributed by atoms with van der Waals surface area (Å²) in [6.45, 7) is 1.69. The summed E-state index contributed by atoms with van der Waals surface area (Å²) in [6.07, 6.45) is 3.61. The number of carbonyl (C=O) groups is 1. The number of rotatable bonds is 3. The van der Waals surface area contributed by atoms with Crippen LogP contribution in [0.3, 0.4) is 0 Å². The van der Waals surface area contributed by atoms with E-state index in [2.05, 4.69) is 58.1 Å². The predicted octanol–water partition coefficient (Wildman–Crippen LogP) is 4.43. The maximum absolute atomic E-state index is 12.9. The topological polar surface area (TPSA) is 25.2 Å². The Morgan fingerprint density at radius 3 is 2.69 bits per heavy atom. The smallest absolute Gasteiger partial charge is 0.227 e. The normalized spacial score (nSPS) is 18.0. The Morgan fingerprint density at radius 2 is 1.85 bits per heavy atom. The van der Waals surface area contributed by atoms with E-state index in [9.17, 15) is 4.79 Å². The third-order valence-electron chi connectivity index (χ3n) is 5.19. The zero-order valence-corrected chi connectivity index (χ0v) is 15.9. The van der Waals surface area contributed by atoms with Crippen LogP contribution in [0.25, 0.3) is 10.9 Å². The van der Waals surface area contributed by atoms with Crippen molar-refractivity contribution in [3.8, 4) is 0 Å². The molecule has 1 aliphatic heterocycles. The zero-order valence-electron chi connectivity index (χ0n) is 15.1. The predicted molar refractivity (Wildman–Crippen MR) is 109 cm³/mol. The average molecular weight is 365 g/mol. The molecule has 2 aromatic carbocycles. The summed E-state index contributed by atoms with van der Waals surface area (Å²) in [6, 6.07) is 19.0. The first-order valence-electron chi connectivity index (χ1n) is 9.19. The van der Waals surface area contributed by atoms with Gasteiger partial charge in [0.2, 0.25) is 5.91 Å². The molecule has 0 bridgehead atoms. The summed E-state index contributed by atoms with van der Waals surface area (Å²) in [5.74, 6) is 1.25. The molecule has 3 aromatic rings. The molecule has 3 nitrogen and oxygen atoms in total. The Labute approximate surface area is 159 Å². The molecule has 0 saturated carbocycles. The molecule has 2 heterocycles. The summed E-state index contributed by atoms with van der Waals surface area (Å²) in [5.41, 5.74) is 3.69. The molecule has 1 atom stereocenters. The summed E-state index contributed by atoms with van der Waals surface area (Å²) in [5, 5.41) is 1.68. The van der Waals surface area contributed by atoms with Crippen LogP contribution in [0, 0.1) is 0 Å². The highest BCUT2D eigenvalue weighted by atomic mass is 32.2. The van der Waals surface area contributed by atoms with Gasteiger partial charge in [0.25, 0.3) is 0 Å². The highest BCUT2D eigenvalue weighted by molar-refractivity contribution is 7.99. The molecule has 0 radical (unpaired) electrons. The lowest BCUT2D eigenvalue weighted by atomic mass is 10.1. The van der Waals surface area contributed by atoms with Crippen LogP contribution in [0.4, 0.5) is 0 Å². The van der Waals surface area contributed by atoms with Crippen molar-refractivity contribution in [2.75, 3.05) is 18.8 Å². The molecule has 1 fully saturated rings. The number of benzene rings is 2. The largest absolute Gasteiger partial charge is 0.350 e. The van der Waals surface area contributed by atoms with Crippen molar-refractivity contribution in [1.29, 1.82) is 0 Å². The van der Waals surface area contributed by atoms with Crippen LogP contribution in [0.2, 0.25) is 0 Å². The van der Waals surface area contributed by atoms with Crippen molar-refractivity contribution in [3.63, 3.8) is 0 Å². The van der Waals surface area contributed by atoms with Crippen LogP contribution in [-0.4, -0.2) is 34.2 Å². The molecular weight excluding hydrogens is 340 g/mol. The first-order chi connectivity index (χ1) is 12.7. The van der Waals surface area contributed by atoms with Gasteiger partial charge in [-0.25, -0.2) is 0 Å². The lowest BCUT2D eigenvalue weighted by molar-refractivity contribution is -0.130. The molecule has 0 aliphatic carbocycles. The Kier molecular flexibility index (Phi) is 5.02. The van der Waals surface area contributed by atoms with E-state index in [0.29, 0.717) is 11.7 Å². The number of aryl methyl sites for hydroxylation is 1. The summed E-state index contributed by atoms with van der Waals surface area (Å²) in [7, 11) is 2.04. The number of hydrogen-bond donors (Lipinski definition) is 0. The van der Waals surface area contributed by atoms with Gasteiger partial charge in [0.05, 0.1) is 6.42 Å². The van der Waals surface area contributed by atoms with Crippen molar-refractivity contribution in [2.45, 2.75) is 18.1 Å². The molecule has 1 saturated heterocycles. The van der Waals surface area contributed by atoms with Crippen LogP contribution >= 0.6 is 11.8 Å². The standard InChI is InChI=1S/C22H24N2OS/c1-23-16-18(19-9-5-6-10-20(19)23)15-22(25)24-12-11-21(26-14-13-24)17-7-3-2-4-8-17/h2-10,16,21H,11-15H2,1H3. The van der Waals surface area contributed by atoms with Crippen molar-refractivity contribution in [3.05, 3.63) is 71.9 Å². The van der Waals surface area contributed by atoms with Gasteiger partial charge in [0, 0.05) is 48.2 Å². The first-order valence-corrected chi connectivity index (χ1v) is 10.2. The van der Waals surface area contributed by atoms with Gasteiger partial charge in [-0.1, -0.05) is 48.5 Å². The number of thioether (sulfide) groups is 1. The number of amides is 1. The second-order valence-corrected chi connectivity index (χ2v) is 8.21. The van der Waals surface area contributed by atoms with Crippen LogP contribution in [-0.2, 0) is 18.3 Å². The second kappa shape index (κ2) is 7.58. The van der Waals surface area contributed by atoms with Gasteiger partial charge in [-0.2, -0.15) is 11.8 Å². The molecular formula is C22H24N2OS. The highest BCUT2D eigenvalue weighted by Gasteiger charge is 2.22. The van der Waals surface area contributed by atoms with Gasteiger partial charge in [-0.3, -0.25) is 4.79 Å². The number of hydrogen-bond acceptors (Lipinski definition) is 2. The van der Waals surface area contributed by atoms with Crippen molar-refractivity contribution in [2.24, 2.45) is 7.05 Å². The van der Waals surface area contributed by atoms with Gasteiger partial charge < -0.3 is 9.47 Å². The lowest BCUT2D eigenvalue weighted by Crippen LogP contribution is -2.34. The molecule has 134 valence electrons. The number of fused-ring (bicyclic) bond motifs is 1. The molecule has 1 amide bonds. The zero-order chi connectivity index (χ0) is 17.9. The van der Waals surface area contributed by atoms with E-state index in [4.69, 9.17) is 0 Å². The van der Waals surface area contributed by atoms with E-state index in [1.54, 1.807) is 0 Å². The monoisotopic (exact) mass is 364 g/mol. The van der Waals surface area contributed by atoms with Gasteiger partial charge in [-0.15, -0.1) is 0 Å². The third-order valence-corrected chi connectivity index (χ3v) is 6.52. The molecule has 1 aromatic heterocycles. The Hall–Kier alpha value is -2.20. The minimum absolute atomic E-state index is 0.246. The third kappa shape index (κ3) is 3.51. The van der Waals surface area contributed by atoms with E-state index in [-0.39, 0.29) is 5.91 Å². The molecule has 1 unspecified atom stereocenters. The quantitative estimate of drug-likeness (QED) is 0.687. The van der Waals surface area contributed by atoms with Crippen molar-refractivity contribution in [1.82, 2.24) is 9.47 Å². The second-order valence-electron chi connectivity index (χ2n) is 6.90. The fraction of sp³-hybridized carbons (Fsp3) is 0.318. The van der Waals surface area contributed by atoms with E-state index in [0.717, 1.165) is 30.8 Å². The fourth-order valence-electron chi connectivity index (χ4n) is 3.79. The molecule has 4 heteroatoms. The lowest BCUT2D eigenvalue weighted by Gasteiger charge is -2.20. The summed E-state index contributed by atoms with van der Waals surface area (Å²) in [4.78, 5) is 15.0. The van der Waals surface area contributed by atoms with E-state index < -0.39 is 0 Å². The molecule has 4 rings (SSSR count). The van der Waals surface area contributed by atoms with Crippen molar-refractivity contribution < 1.29 is 4.79 Å². The minimum Gasteiger partial charge on any atom is -0.350 e. The van der Waals surface area contributed by atoms with Crippen LogP contribution in [0.1, 0.15) is 22.8 Å². The number of carbonyl (C=O) groups excluding carboxylic acids is 1. The van der Waals surface area contributed by atoms with Crippen LogP contribution < -0.4 is 0 Å². The number of aromatic nitrogens is 1. The van der Waals surface area contributed by atoms with Gasteiger partial charge in [-0.05, 0) is 23.6 Å². The maximum Gasteiger partial charge on any atom is 0.227 e. The first kappa shape index (κ1) is 17.2.